The SMILES string of the molecule is O=S(=O)(c1ncccc1F)N1CCCC1C1CCCN1. The fraction of sp³-hybridized carbons (Fsp3) is 0.615. The molecule has 0 aliphatic carbocycles. The molecule has 7 heteroatoms. The highest BCUT2D eigenvalue weighted by Gasteiger charge is 2.41. The average molecular weight is 299 g/mol. The molecular weight excluding hydrogens is 281 g/mol. The Morgan fingerprint density at radius 1 is 1.35 bits per heavy atom. The maximum Gasteiger partial charge on any atom is 0.263 e. The predicted octanol–water partition coefficient (Wildman–Crippen LogP) is 1.13. The van der Waals surface area contributed by atoms with Gasteiger partial charge in [-0.25, -0.2) is 17.8 Å². The molecule has 0 radical (unpaired) electrons. The van der Waals surface area contributed by atoms with Gasteiger partial charge in [0, 0.05) is 24.8 Å². The van der Waals surface area contributed by atoms with Gasteiger partial charge < -0.3 is 5.32 Å². The number of aromatic nitrogens is 1. The first-order valence-electron chi connectivity index (χ1n) is 6.96. The molecule has 2 fully saturated rings. The molecule has 0 bridgehead atoms. The average Bonchev–Trinajstić information content (AvgIpc) is 3.10. The van der Waals surface area contributed by atoms with Crippen molar-refractivity contribution in [1.29, 1.82) is 0 Å². The molecule has 110 valence electrons. The van der Waals surface area contributed by atoms with Gasteiger partial charge in [-0.3, -0.25) is 0 Å². The molecule has 1 aromatic heterocycles. The van der Waals surface area contributed by atoms with Crippen molar-refractivity contribution < 1.29 is 12.8 Å². The van der Waals surface area contributed by atoms with Crippen molar-refractivity contribution in [3.63, 3.8) is 0 Å². The molecule has 5 nitrogen and oxygen atoms in total. The summed E-state index contributed by atoms with van der Waals surface area (Å²) in [5.74, 6) is -0.780. The summed E-state index contributed by atoms with van der Waals surface area (Å²) in [6, 6.07) is 2.63. The Labute approximate surface area is 118 Å². The minimum absolute atomic E-state index is 0.0797. The van der Waals surface area contributed by atoms with Crippen molar-refractivity contribution in [3.05, 3.63) is 24.1 Å². The first-order valence-corrected chi connectivity index (χ1v) is 8.40. The van der Waals surface area contributed by atoms with Gasteiger partial charge in [-0.2, -0.15) is 4.31 Å². The van der Waals surface area contributed by atoms with E-state index in [0.717, 1.165) is 38.3 Å². The highest BCUT2D eigenvalue weighted by atomic mass is 32.2. The number of nitrogens with zero attached hydrogens (tertiary/aromatic N) is 2. The highest BCUT2D eigenvalue weighted by molar-refractivity contribution is 7.89. The third kappa shape index (κ3) is 2.34. The number of hydrogen-bond acceptors (Lipinski definition) is 4. The van der Waals surface area contributed by atoms with E-state index < -0.39 is 20.9 Å². The van der Waals surface area contributed by atoms with E-state index in [1.165, 1.54) is 16.6 Å². The number of halogens is 1. The van der Waals surface area contributed by atoms with Crippen LogP contribution in [0.25, 0.3) is 0 Å². The summed E-state index contributed by atoms with van der Waals surface area (Å²) in [5.41, 5.74) is 0. The van der Waals surface area contributed by atoms with E-state index in [-0.39, 0.29) is 12.1 Å². The highest BCUT2D eigenvalue weighted by Crippen LogP contribution is 2.30. The Balaban J connectivity index is 1.92. The van der Waals surface area contributed by atoms with Crippen LogP contribution in [-0.2, 0) is 10.0 Å². The second-order valence-corrected chi connectivity index (χ2v) is 7.12. The van der Waals surface area contributed by atoms with Crippen LogP contribution in [0.5, 0.6) is 0 Å². The molecule has 0 spiro atoms. The Morgan fingerprint density at radius 2 is 2.20 bits per heavy atom. The van der Waals surface area contributed by atoms with Gasteiger partial charge in [-0.05, 0) is 44.4 Å². The lowest BCUT2D eigenvalue weighted by molar-refractivity contribution is 0.319. The molecule has 1 aromatic rings. The van der Waals surface area contributed by atoms with Crippen LogP contribution >= 0.6 is 0 Å². The molecule has 2 atom stereocenters. The molecule has 0 amide bonds. The van der Waals surface area contributed by atoms with Crippen molar-refractivity contribution in [2.75, 3.05) is 13.1 Å². The zero-order valence-electron chi connectivity index (χ0n) is 11.1. The summed E-state index contributed by atoms with van der Waals surface area (Å²) in [5, 5.41) is 2.89. The van der Waals surface area contributed by atoms with Crippen molar-refractivity contribution >= 4 is 10.0 Å². The van der Waals surface area contributed by atoms with Crippen molar-refractivity contribution in [2.24, 2.45) is 0 Å². The number of rotatable bonds is 3. The predicted molar refractivity (Wildman–Crippen MR) is 72.1 cm³/mol. The van der Waals surface area contributed by atoms with Gasteiger partial charge in [0.25, 0.3) is 10.0 Å². The van der Waals surface area contributed by atoms with Gasteiger partial charge in [-0.15, -0.1) is 0 Å². The van der Waals surface area contributed by atoms with Gasteiger partial charge in [0.2, 0.25) is 5.03 Å². The Bertz CT molecular complexity index is 587. The molecule has 2 saturated heterocycles. The van der Waals surface area contributed by atoms with Gasteiger partial charge in [0.1, 0.15) is 0 Å². The fourth-order valence-electron chi connectivity index (χ4n) is 3.18. The van der Waals surface area contributed by atoms with E-state index >= 15 is 0 Å². The maximum atomic E-state index is 13.8. The summed E-state index contributed by atoms with van der Waals surface area (Å²) in [7, 11) is -3.85. The minimum atomic E-state index is -3.85. The summed E-state index contributed by atoms with van der Waals surface area (Å²) >= 11 is 0. The van der Waals surface area contributed by atoms with E-state index in [1.807, 2.05) is 0 Å². The van der Waals surface area contributed by atoms with E-state index in [4.69, 9.17) is 0 Å². The Hall–Kier alpha value is -1.05. The number of nitrogens with one attached hydrogen (secondary N) is 1. The van der Waals surface area contributed by atoms with Gasteiger partial charge in [0.15, 0.2) is 5.82 Å². The van der Waals surface area contributed by atoms with Crippen LogP contribution in [0.2, 0.25) is 0 Å². The van der Waals surface area contributed by atoms with Gasteiger partial charge in [-0.1, -0.05) is 0 Å². The van der Waals surface area contributed by atoms with E-state index in [9.17, 15) is 12.8 Å². The standard InChI is InChI=1S/C13H18FN3O2S/c14-10-4-1-8-16-13(10)20(18,19)17-9-3-6-12(17)11-5-2-7-15-11/h1,4,8,11-12,15H,2-3,5-7,9H2. The lowest BCUT2D eigenvalue weighted by Gasteiger charge is -2.28. The zero-order chi connectivity index (χ0) is 14.2. The molecule has 3 rings (SSSR count). The van der Waals surface area contributed by atoms with Crippen LogP contribution in [0.1, 0.15) is 25.7 Å². The van der Waals surface area contributed by atoms with Crippen LogP contribution in [0, 0.1) is 5.82 Å². The lowest BCUT2D eigenvalue weighted by Crippen LogP contribution is -2.46. The third-order valence-electron chi connectivity index (χ3n) is 4.09. The van der Waals surface area contributed by atoms with Crippen molar-refractivity contribution in [3.8, 4) is 0 Å². The second-order valence-electron chi connectivity index (χ2n) is 5.32. The smallest absolute Gasteiger partial charge is 0.263 e. The van der Waals surface area contributed by atoms with Crippen LogP contribution < -0.4 is 5.32 Å². The monoisotopic (exact) mass is 299 g/mol. The largest absolute Gasteiger partial charge is 0.312 e. The Kier molecular flexibility index (Phi) is 3.74. The van der Waals surface area contributed by atoms with Crippen LogP contribution in [0.15, 0.2) is 23.4 Å². The molecule has 0 aromatic carbocycles. The first kappa shape index (κ1) is 13.9. The normalized spacial score (nSPS) is 28.1. The fourth-order valence-corrected chi connectivity index (χ4v) is 4.89. The van der Waals surface area contributed by atoms with E-state index in [0.29, 0.717) is 6.54 Å². The van der Waals surface area contributed by atoms with Crippen LogP contribution in [-0.4, -0.2) is 42.9 Å². The van der Waals surface area contributed by atoms with Gasteiger partial charge in [0.05, 0.1) is 0 Å². The topological polar surface area (TPSA) is 62.3 Å². The summed E-state index contributed by atoms with van der Waals surface area (Å²) in [6.45, 7) is 1.37. The zero-order valence-corrected chi connectivity index (χ0v) is 11.9. The minimum Gasteiger partial charge on any atom is -0.312 e. The summed E-state index contributed by atoms with van der Waals surface area (Å²) in [4.78, 5) is 3.73. The molecule has 2 aliphatic heterocycles. The van der Waals surface area contributed by atoms with Crippen LogP contribution in [0.4, 0.5) is 4.39 Å². The molecule has 20 heavy (non-hydrogen) atoms. The lowest BCUT2D eigenvalue weighted by atomic mass is 10.1. The van der Waals surface area contributed by atoms with Crippen LogP contribution in [0.3, 0.4) is 0 Å². The van der Waals surface area contributed by atoms with Crippen molar-refractivity contribution in [1.82, 2.24) is 14.6 Å². The summed E-state index contributed by atoms with van der Waals surface area (Å²) < 4.78 is 40.4. The quantitative estimate of drug-likeness (QED) is 0.909. The Morgan fingerprint density at radius 3 is 2.90 bits per heavy atom. The number of sulfonamides is 1. The van der Waals surface area contributed by atoms with E-state index in [1.54, 1.807) is 0 Å². The molecule has 2 unspecified atom stereocenters. The first-order chi connectivity index (χ1) is 9.60. The van der Waals surface area contributed by atoms with E-state index in [2.05, 4.69) is 10.3 Å². The molecular formula is C13H18FN3O2S. The van der Waals surface area contributed by atoms with Gasteiger partial charge >= 0.3 is 0 Å². The summed E-state index contributed by atoms with van der Waals surface area (Å²) in [6.07, 6.45) is 4.99. The molecule has 0 saturated carbocycles. The molecule has 1 N–H and O–H groups in total. The molecule has 3 heterocycles. The number of hydrogen-bond donors (Lipinski definition) is 1. The molecule has 2 aliphatic rings. The third-order valence-corrected chi connectivity index (χ3v) is 5.95. The number of pyridine rings is 1. The second kappa shape index (κ2) is 5.38. The maximum absolute atomic E-state index is 13.8. The van der Waals surface area contributed by atoms with Crippen molar-refractivity contribution in [2.45, 2.75) is 42.8 Å².